The van der Waals surface area contributed by atoms with Crippen LogP contribution in [0.5, 0.6) is 5.88 Å². The van der Waals surface area contributed by atoms with Crippen LogP contribution in [0.25, 0.3) is 0 Å². The molecule has 3 rings (SSSR count). The summed E-state index contributed by atoms with van der Waals surface area (Å²) in [7, 11) is 0. The topological polar surface area (TPSA) is 102 Å². The summed E-state index contributed by atoms with van der Waals surface area (Å²) in [6, 6.07) is 0. The van der Waals surface area contributed by atoms with E-state index in [4.69, 9.17) is 4.74 Å². The molecule has 10 heteroatoms. The number of aryl methyl sites for hydroxylation is 2. The third kappa shape index (κ3) is 3.99. The molecule has 1 amide bonds. The van der Waals surface area contributed by atoms with E-state index >= 15 is 0 Å². The van der Waals surface area contributed by atoms with Crippen LogP contribution in [0.15, 0.2) is 24.1 Å². The molecule has 0 atom stereocenters. The number of carbonyl (C=O) groups excluding carboxylic acids is 1. The summed E-state index contributed by atoms with van der Waals surface area (Å²) in [5.41, 5.74) is 1.51. The van der Waals surface area contributed by atoms with Crippen molar-refractivity contribution in [2.75, 3.05) is 10.6 Å². The fraction of sp³-hybridized carbons (Fsp3) is 0.154. The molecule has 0 unspecified atom stereocenters. The van der Waals surface area contributed by atoms with E-state index in [1.807, 2.05) is 19.2 Å². The van der Waals surface area contributed by atoms with Gasteiger partial charge in [-0.2, -0.15) is 0 Å². The van der Waals surface area contributed by atoms with Crippen molar-refractivity contribution < 1.29 is 9.53 Å². The average Bonchev–Trinajstić information content (AvgIpc) is 3.06. The molecule has 0 bridgehead atoms. The fourth-order valence-electron chi connectivity index (χ4n) is 1.66. The molecule has 0 aliphatic heterocycles. The molecule has 0 radical (unpaired) electrons. The van der Waals surface area contributed by atoms with Crippen molar-refractivity contribution >= 4 is 44.6 Å². The maximum absolute atomic E-state index is 12.0. The first-order valence-electron chi connectivity index (χ1n) is 6.50. The maximum atomic E-state index is 12.0. The summed E-state index contributed by atoms with van der Waals surface area (Å²) in [5.74, 6) is 0.196. The van der Waals surface area contributed by atoms with Gasteiger partial charge in [0.15, 0.2) is 10.1 Å². The van der Waals surface area contributed by atoms with Crippen LogP contribution >= 0.6 is 22.7 Å². The molecule has 0 aliphatic carbocycles. The number of carbonyl (C=O) groups is 1. The number of amides is 1. The number of thiazole rings is 2. The van der Waals surface area contributed by atoms with Crippen LogP contribution in [-0.2, 0) is 0 Å². The number of aromatic nitrogens is 4. The molecule has 2 N–H and O–H groups in total. The highest BCUT2D eigenvalue weighted by Crippen LogP contribution is 2.33. The largest absolute Gasteiger partial charge is 0.420 e. The molecule has 3 aromatic rings. The van der Waals surface area contributed by atoms with Crippen molar-refractivity contribution in [3.8, 4) is 5.88 Å². The first-order chi connectivity index (χ1) is 11.1. The van der Waals surface area contributed by atoms with Crippen LogP contribution < -0.4 is 15.4 Å². The normalized spacial score (nSPS) is 10.3. The number of nitrogens with one attached hydrogen (secondary N) is 2. The third-order valence-electron chi connectivity index (χ3n) is 2.54. The number of hydrogen-bond donors (Lipinski definition) is 2. The second-order valence-electron chi connectivity index (χ2n) is 4.43. The summed E-state index contributed by atoms with van der Waals surface area (Å²) in [6.07, 6.45) is 4.02. The first-order valence-corrected chi connectivity index (χ1v) is 8.20. The van der Waals surface area contributed by atoms with Gasteiger partial charge in [0.05, 0.1) is 28.8 Å². The van der Waals surface area contributed by atoms with Crippen molar-refractivity contribution in [3.63, 3.8) is 0 Å². The maximum Gasteiger partial charge on any atom is 0.420 e. The zero-order chi connectivity index (χ0) is 16.2. The molecule has 8 nitrogen and oxygen atoms in total. The van der Waals surface area contributed by atoms with Crippen molar-refractivity contribution in [1.29, 1.82) is 0 Å². The zero-order valence-corrected chi connectivity index (χ0v) is 13.9. The Morgan fingerprint density at radius 2 is 2.00 bits per heavy atom. The number of ether oxygens (including phenoxy) is 1. The number of anilines is 3. The second-order valence-corrected chi connectivity index (χ2v) is 6.49. The minimum atomic E-state index is -0.642. The Kier molecular flexibility index (Phi) is 4.44. The SMILES string of the molecule is Cc1csc(NC(=O)Oc2nc(C)sc2Nc2cncnc2)n1. The van der Waals surface area contributed by atoms with Gasteiger partial charge in [-0.15, -0.1) is 11.3 Å². The number of hydrogen-bond acceptors (Lipinski definition) is 9. The van der Waals surface area contributed by atoms with Gasteiger partial charge < -0.3 is 10.1 Å². The highest BCUT2D eigenvalue weighted by Gasteiger charge is 2.16. The first kappa shape index (κ1) is 15.3. The van der Waals surface area contributed by atoms with Crippen molar-refractivity contribution in [1.82, 2.24) is 19.9 Å². The Bertz CT molecular complexity index is 817. The minimum Gasteiger partial charge on any atom is -0.388 e. The lowest BCUT2D eigenvalue weighted by Gasteiger charge is -2.05. The summed E-state index contributed by atoms with van der Waals surface area (Å²) < 4.78 is 5.26. The van der Waals surface area contributed by atoms with Gasteiger partial charge in [-0.1, -0.05) is 11.3 Å². The highest BCUT2D eigenvalue weighted by molar-refractivity contribution is 7.16. The predicted molar refractivity (Wildman–Crippen MR) is 88.7 cm³/mol. The van der Waals surface area contributed by atoms with E-state index < -0.39 is 6.09 Å². The molecule has 118 valence electrons. The molecular weight excluding hydrogens is 336 g/mol. The Balaban J connectivity index is 1.71. The molecular formula is C13H12N6O2S2. The highest BCUT2D eigenvalue weighted by atomic mass is 32.1. The minimum absolute atomic E-state index is 0.196. The van der Waals surface area contributed by atoms with Crippen LogP contribution in [0.2, 0.25) is 0 Å². The van der Waals surface area contributed by atoms with Gasteiger partial charge in [0.1, 0.15) is 6.33 Å². The summed E-state index contributed by atoms with van der Waals surface area (Å²) in [4.78, 5) is 28.1. The Hall–Kier alpha value is -2.59. The Morgan fingerprint density at radius 1 is 1.22 bits per heavy atom. The van der Waals surface area contributed by atoms with E-state index in [1.54, 1.807) is 12.4 Å². The van der Waals surface area contributed by atoms with Gasteiger partial charge in [0, 0.05) is 5.38 Å². The summed E-state index contributed by atoms with van der Waals surface area (Å²) in [5, 5.41) is 9.33. The fourth-order valence-corrected chi connectivity index (χ4v) is 3.10. The van der Waals surface area contributed by atoms with Crippen LogP contribution in [0.4, 0.5) is 20.6 Å². The lowest BCUT2D eigenvalue weighted by molar-refractivity contribution is 0.214. The van der Waals surface area contributed by atoms with E-state index in [0.29, 0.717) is 15.8 Å². The van der Waals surface area contributed by atoms with Crippen LogP contribution in [0.3, 0.4) is 0 Å². The lowest BCUT2D eigenvalue weighted by atomic mass is 10.5. The lowest BCUT2D eigenvalue weighted by Crippen LogP contribution is -2.17. The van der Waals surface area contributed by atoms with Crippen molar-refractivity contribution in [2.24, 2.45) is 0 Å². The van der Waals surface area contributed by atoms with Gasteiger partial charge >= 0.3 is 6.09 Å². The van der Waals surface area contributed by atoms with Crippen LogP contribution in [0.1, 0.15) is 10.7 Å². The third-order valence-corrected chi connectivity index (χ3v) is 4.28. The molecule has 0 fully saturated rings. The number of nitrogens with zero attached hydrogens (tertiary/aromatic N) is 4. The van der Waals surface area contributed by atoms with Gasteiger partial charge in [0.25, 0.3) is 5.88 Å². The second kappa shape index (κ2) is 6.67. The molecule has 3 aromatic heterocycles. The monoisotopic (exact) mass is 348 g/mol. The van der Waals surface area contributed by atoms with E-state index in [0.717, 1.165) is 10.7 Å². The zero-order valence-electron chi connectivity index (χ0n) is 12.2. The molecule has 23 heavy (non-hydrogen) atoms. The van der Waals surface area contributed by atoms with Gasteiger partial charge in [0.2, 0.25) is 0 Å². The molecule has 3 heterocycles. The van der Waals surface area contributed by atoms with E-state index in [1.165, 1.54) is 29.0 Å². The van der Waals surface area contributed by atoms with E-state index in [2.05, 4.69) is 30.6 Å². The average molecular weight is 348 g/mol. The summed E-state index contributed by atoms with van der Waals surface area (Å²) >= 11 is 2.69. The molecule has 0 aliphatic rings. The number of rotatable bonds is 4. The Morgan fingerprint density at radius 3 is 2.70 bits per heavy atom. The predicted octanol–water partition coefficient (Wildman–Crippen LogP) is 3.36. The Labute approximate surface area is 139 Å². The van der Waals surface area contributed by atoms with Crippen molar-refractivity contribution in [3.05, 3.63) is 34.8 Å². The van der Waals surface area contributed by atoms with E-state index in [-0.39, 0.29) is 5.88 Å². The smallest absolute Gasteiger partial charge is 0.388 e. The van der Waals surface area contributed by atoms with Crippen LogP contribution in [-0.4, -0.2) is 26.0 Å². The molecule has 0 aromatic carbocycles. The van der Waals surface area contributed by atoms with Gasteiger partial charge in [-0.3, -0.25) is 5.32 Å². The standard InChI is InChI=1S/C13H12N6O2S2/c1-7-5-22-12(16-7)19-13(20)21-10-11(23-8(2)17-10)18-9-3-14-6-15-4-9/h3-6,18H,1-2H3,(H,16,19,20). The quantitative estimate of drug-likeness (QED) is 0.745. The van der Waals surface area contributed by atoms with Crippen molar-refractivity contribution in [2.45, 2.75) is 13.8 Å². The molecule has 0 saturated heterocycles. The van der Waals surface area contributed by atoms with Gasteiger partial charge in [-0.25, -0.2) is 24.7 Å². The molecule has 0 spiro atoms. The van der Waals surface area contributed by atoms with Gasteiger partial charge in [-0.05, 0) is 13.8 Å². The van der Waals surface area contributed by atoms with Crippen LogP contribution in [0, 0.1) is 13.8 Å². The summed E-state index contributed by atoms with van der Waals surface area (Å²) in [6.45, 7) is 3.67. The van der Waals surface area contributed by atoms with E-state index in [9.17, 15) is 4.79 Å². The molecule has 0 saturated carbocycles.